The molecule has 0 radical (unpaired) electrons. The van der Waals surface area contributed by atoms with Gasteiger partial charge in [-0.25, -0.2) is 9.37 Å². The number of rotatable bonds is 5. The summed E-state index contributed by atoms with van der Waals surface area (Å²) in [5, 5.41) is 7.74. The minimum Gasteiger partial charge on any atom is -0.348 e. The number of carbonyl (C=O) groups is 1. The zero-order valence-electron chi connectivity index (χ0n) is 17.4. The molecule has 0 fully saturated rings. The topological polar surface area (TPSA) is 81.8 Å². The summed E-state index contributed by atoms with van der Waals surface area (Å²) in [5.74, 6) is -0.806. The van der Waals surface area contributed by atoms with Crippen LogP contribution in [0.25, 0.3) is 10.9 Å². The van der Waals surface area contributed by atoms with Crippen LogP contribution in [-0.4, -0.2) is 25.2 Å². The summed E-state index contributed by atoms with van der Waals surface area (Å²) in [6, 6.07) is 13.8. The molecular weight excluding hydrogens is 409 g/mol. The Balaban J connectivity index is 1.33. The summed E-state index contributed by atoms with van der Waals surface area (Å²) < 4.78 is 16.7. The number of nitrogens with zero attached hydrogens (tertiary/aromatic N) is 4. The second-order valence-electron chi connectivity index (χ2n) is 8.04. The average Bonchev–Trinajstić information content (AvgIpc) is 3.20. The molecule has 1 aliphatic carbocycles. The highest BCUT2D eigenvalue weighted by atomic mass is 19.1. The fraction of sp³-hybridized carbons (Fsp3) is 0.250. The summed E-state index contributed by atoms with van der Waals surface area (Å²) in [5.41, 5.74) is 3.28. The number of hydrogen-bond donors (Lipinski definition) is 1. The molecule has 0 aliphatic heterocycles. The van der Waals surface area contributed by atoms with Crippen molar-refractivity contribution < 1.29 is 9.18 Å². The minimum absolute atomic E-state index is 0.155. The first kappa shape index (κ1) is 20.1. The lowest BCUT2D eigenvalue weighted by Crippen LogP contribution is -2.36. The molecule has 1 aliphatic rings. The second kappa shape index (κ2) is 8.37. The largest absolute Gasteiger partial charge is 0.348 e. The lowest BCUT2D eigenvalue weighted by Gasteiger charge is -2.24. The van der Waals surface area contributed by atoms with Crippen LogP contribution in [0.1, 0.15) is 35.7 Å². The molecule has 1 unspecified atom stereocenters. The molecule has 5 rings (SSSR count). The molecule has 1 N–H and O–H groups in total. The van der Waals surface area contributed by atoms with Gasteiger partial charge in [-0.3, -0.25) is 18.8 Å². The predicted octanol–water partition coefficient (Wildman–Crippen LogP) is 2.97. The lowest BCUT2D eigenvalue weighted by atomic mass is 9.93. The van der Waals surface area contributed by atoms with E-state index >= 15 is 0 Å². The van der Waals surface area contributed by atoms with E-state index in [2.05, 4.69) is 27.5 Å². The molecule has 1 amide bonds. The molecular formula is C24H22FN5O2. The van der Waals surface area contributed by atoms with Crippen molar-refractivity contribution in [3.05, 3.63) is 94.0 Å². The van der Waals surface area contributed by atoms with Crippen LogP contribution in [0, 0.1) is 5.82 Å². The molecule has 2 heterocycles. The molecule has 2 aromatic carbocycles. The van der Waals surface area contributed by atoms with Gasteiger partial charge in [-0.05, 0) is 43.0 Å². The van der Waals surface area contributed by atoms with Crippen molar-refractivity contribution in [3.63, 3.8) is 0 Å². The van der Waals surface area contributed by atoms with Crippen molar-refractivity contribution in [1.29, 1.82) is 0 Å². The van der Waals surface area contributed by atoms with E-state index in [4.69, 9.17) is 0 Å². The Morgan fingerprint density at radius 3 is 2.88 bits per heavy atom. The Morgan fingerprint density at radius 2 is 2.03 bits per heavy atom. The van der Waals surface area contributed by atoms with Gasteiger partial charge >= 0.3 is 0 Å². The Hall–Kier alpha value is -3.81. The second-order valence-corrected chi connectivity index (χ2v) is 8.04. The van der Waals surface area contributed by atoms with Crippen LogP contribution in [0.4, 0.5) is 4.39 Å². The van der Waals surface area contributed by atoms with Crippen molar-refractivity contribution in [1.82, 2.24) is 24.6 Å². The lowest BCUT2D eigenvalue weighted by molar-refractivity contribution is -0.122. The van der Waals surface area contributed by atoms with Gasteiger partial charge in [0.25, 0.3) is 5.56 Å². The van der Waals surface area contributed by atoms with Crippen LogP contribution < -0.4 is 10.9 Å². The van der Waals surface area contributed by atoms with Crippen LogP contribution in [0.3, 0.4) is 0 Å². The standard InChI is InChI=1S/C24H22FN5O2/c25-17-9-10-20-18(11-17)24(32)29(15-26-20)14-23(31)28-21-7-4-8-22-19(21)12-27-30(22)13-16-5-2-1-3-6-16/h1-3,5-6,9-12,15,21H,4,7-8,13-14H2,(H,28,31). The van der Waals surface area contributed by atoms with Gasteiger partial charge in [-0.15, -0.1) is 0 Å². The van der Waals surface area contributed by atoms with Gasteiger partial charge in [0.05, 0.1) is 36.0 Å². The molecule has 0 saturated carbocycles. The van der Waals surface area contributed by atoms with Gasteiger partial charge in [0.15, 0.2) is 0 Å². The molecule has 0 bridgehead atoms. The minimum atomic E-state index is -0.513. The van der Waals surface area contributed by atoms with E-state index in [9.17, 15) is 14.0 Å². The Labute approximate surface area is 183 Å². The maximum atomic E-state index is 13.5. The van der Waals surface area contributed by atoms with Crippen molar-refractivity contribution in [2.24, 2.45) is 0 Å². The molecule has 8 heteroatoms. The van der Waals surface area contributed by atoms with Crippen molar-refractivity contribution >= 4 is 16.8 Å². The summed E-state index contributed by atoms with van der Waals surface area (Å²) in [4.78, 5) is 29.6. The van der Waals surface area contributed by atoms with E-state index in [-0.39, 0.29) is 23.9 Å². The van der Waals surface area contributed by atoms with Crippen LogP contribution in [-0.2, 0) is 24.3 Å². The highest BCUT2D eigenvalue weighted by Gasteiger charge is 2.25. The maximum absolute atomic E-state index is 13.5. The number of amides is 1. The first-order chi connectivity index (χ1) is 15.6. The van der Waals surface area contributed by atoms with Crippen LogP contribution in [0.5, 0.6) is 0 Å². The van der Waals surface area contributed by atoms with Gasteiger partial charge in [-0.1, -0.05) is 30.3 Å². The fourth-order valence-corrected chi connectivity index (χ4v) is 4.30. The Bertz CT molecular complexity index is 1350. The molecule has 4 aromatic rings. The number of nitrogens with one attached hydrogen (secondary N) is 1. The van der Waals surface area contributed by atoms with Crippen molar-refractivity contribution in [3.8, 4) is 0 Å². The predicted molar refractivity (Wildman–Crippen MR) is 118 cm³/mol. The van der Waals surface area contributed by atoms with Crippen LogP contribution >= 0.6 is 0 Å². The quantitative estimate of drug-likeness (QED) is 0.527. The molecule has 0 saturated heterocycles. The number of carbonyl (C=O) groups excluding carboxylic acids is 1. The number of benzene rings is 2. The molecule has 0 spiro atoms. The average molecular weight is 431 g/mol. The van der Waals surface area contributed by atoms with E-state index in [0.29, 0.717) is 12.1 Å². The highest BCUT2D eigenvalue weighted by molar-refractivity contribution is 5.79. The van der Waals surface area contributed by atoms with Gasteiger partial charge in [0, 0.05) is 11.3 Å². The summed E-state index contributed by atoms with van der Waals surface area (Å²) in [7, 11) is 0. The van der Waals surface area contributed by atoms with E-state index in [1.165, 1.54) is 28.6 Å². The van der Waals surface area contributed by atoms with E-state index in [0.717, 1.165) is 36.6 Å². The first-order valence-electron chi connectivity index (χ1n) is 10.6. The van der Waals surface area contributed by atoms with E-state index in [1.54, 1.807) is 0 Å². The fourth-order valence-electron chi connectivity index (χ4n) is 4.30. The molecule has 1 atom stereocenters. The molecule has 32 heavy (non-hydrogen) atoms. The summed E-state index contributed by atoms with van der Waals surface area (Å²) in [6.45, 7) is 0.508. The van der Waals surface area contributed by atoms with Crippen LogP contribution in [0.15, 0.2) is 65.8 Å². The summed E-state index contributed by atoms with van der Waals surface area (Å²) in [6.07, 6.45) is 5.82. The van der Waals surface area contributed by atoms with Gasteiger partial charge in [0.2, 0.25) is 5.91 Å². The number of aromatic nitrogens is 4. The maximum Gasteiger partial charge on any atom is 0.261 e. The number of hydrogen-bond acceptors (Lipinski definition) is 4. The first-order valence-corrected chi connectivity index (χ1v) is 10.6. The van der Waals surface area contributed by atoms with Crippen LogP contribution in [0.2, 0.25) is 0 Å². The van der Waals surface area contributed by atoms with Gasteiger partial charge in [-0.2, -0.15) is 5.10 Å². The number of fused-ring (bicyclic) bond motifs is 2. The van der Waals surface area contributed by atoms with E-state index < -0.39 is 11.4 Å². The molecule has 7 nitrogen and oxygen atoms in total. The molecule has 162 valence electrons. The number of halogens is 1. The van der Waals surface area contributed by atoms with E-state index in [1.807, 2.05) is 29.1 Å². The zero-order valence-corrected chi connectivity index (χ0v) is 17.4. The smallest absolute Gasteiger partial charge is 0.261 e. The Morgan fingerprint density at radius 1 is 1.19 bits per heavy atom. The third-order valence-electron chi connectivity index (χ3n) is 5.87. The van der Waals surface area contributed by atoms with Crippen molar-refractivity contribution in [2.75, 3.05) is 0 Å². The Kier molecular flexibility index (Phi) is 5.26. The molecule has 2 aromatic heterocycles. The van der Waals surface area contributed by atoms with Gasteiger partial charge in [0.1, 0.15) is 12.4 Å². The third kappa shape index (κ3) is 3.91. The zero-order chi connectivity index (χ0) is 22.1. The van der Waals surface area contributed by atoms with Crippen molar-refractivity contribution in [2.45, 2.75) is 38.4 Å². The van der Waals surface area contributed by atoms with Gasteiger partial charge < -0.3 is 5.32 Å². The summed E-state index contributed by atoms with van der Waals surface area (Å²) >= 11 is 0. The third-order valence-corrected chi connectivity index (χ3v) is 5.87. The monoisotopic (exact) mass is 431 g/mol. The normalized spacial score (nSPS) is 15.5. The SMILES string of the molecule is O=C(Cn1cnc2ccc(F)cc2c1=O)NC1CCCc2c1cnn2Cc1ccccc1. The highest BCUT2D eigenvalue weighted by Crippen LogP contribution is 2.30.